The molecule has 0 aromatic carbocycles. The van der Waals surface area contributed by atoms with Crippen molar-refractivity contribution in [3.63, 3.8) is 0 Å². The van der Waals surface area contributed by atoms with Gasteiger partial charge in [-0.05, 0) is 12.8 Å². The van der Waals surface area contributed by atoms with Gasteiger partial charge < -0.3 is 15.0 Å². The van der Waals surface area contributed by atoms with Gasteiger partial charge in [-0.2, -0.15) is 0 Å². The number of aryl methyl sites for hydroxylation is 1. The fraction of sp³-hybridized carbons (Fsp3) is 0.700. The first-order valence-electron chi connectivity index (χ1n) is 4.92. The normalized spacial score (nSPS) is 13.1. The van der Waals surface area contributed by atoms with Gasteiger partial charge >= 0.3 is 0 Å². The van der Waals surface area contributed by atoms with E-state index in [0.717, 1.165) is 31.2 Å². The molecule has 0 saturated carbocycles. The number of aromatic amines is 1. The predicted molar refractivity (Wildman–Crippen MR) is 56.1 cm³/mol. The van der Waals surface area contributed by atoms with E-state index in [1.54, 1.807) is 7.11 Å². The highest BCUT2D eigenvalue weighted by molar-refractivity contribution is 4.99. The second-order valence-corrected chi connectivity index (χ2v) is 3.69. The highest BCUT2D eigenvalue weighted by Gasteiger charge is 2.01. The van der Waals surface area contributed by atoms with Gasteiger partial charge in [0.1, 0.15) is 5.82 Å². The third kappa shape index (κ3) is 3.89. The van der Waals surface area contributed by atoms with Crippen LogP contribution in [0.4, 0.5) is 0 Å². The lowest BCUT2D eigenvalue weighted by molar-refractivity contribution is 0.158. The van der Waals surface area contributed by atoms with Crippen LogP contribution in [-0.4, -0.2) is 30.2 Å². The third-order valence-electron chi connectivity index (χ3n) is 2.01. The van der Waals surface area contributed by atoms with Crippen molar-refractivity contribution in [3.8, 4) is 0 Å². The molecule has 14 heavy (non-hydrogen) atoms. The molecular weight excluding hydrogens is 178 g/mol. The summed E-state index contributed by atoms with van der Waals surface area (Å²) >= 11 is 0. The van der Waals surface area contributed by atoms with Gasteiger partial charge in [0.2, 0.25) is 0 Å². The topological polar surface area (TPSA) is 49.9 Å². The van der Waals surface area contributed by atoms with Crippen molar-refractivity contribution in [3.05, 3.63) is 17.7 Å². The molecule has 0 aliphatic rings. The zero-order valence-corrected chi connectivity index (χ0v) is 9.13. The van der Waals surface area contributed by atoms with Crippen LogP contribution in [-0.2, 0) is 11.3 Å². The summed E-state index contributed by atoms with van der Waals surface area (Å²) in [5, 5.41) is 3.35. The molecule has 80 valence electrons. The summed E-state index contributed by atoms with van der Waals surface area (Å²) < 4.78 is 5.05. The largest absolute Gasteiger partial charge is 0.384 e. The Morgan fingerprint density at radius 3 is 3.00 bits per heavy atom. The number of aromatic nitrogens is 2. The second kappa shape index (κ2) is 5.78. The number of hydrogen-bond donors (Lipinski definition) is 2. The monoisotopic (exact) mass is 197 g/mol. The lowest BCUT2D eigenvalue weighted by Crippen LogP contribution is -2.23. The SMILES string of the molecule is COCC(C)CNCc1cnc(C)[nH]1. The van der Waals surface area contributed by atoms with Crippen molar-refractivity contribution in [2.45, 2.75) is 20.4 Å². The zero-order valence-electron chi connectivity index (χ0n) is 9.13. The molecule has 1 atom stereocenters. The minimum atomic E-state index is 0.545. The van der Waals surface area contributed by atoms with Gasteiger partial charge in [0.25, 0.3) is 0 Å². The van der Waals surface area contributed by atoms with E-state index in [1.807, 2.05) is 13.1 Å². The fourth-order valence-corrected chi connectivity index (χ4v) is 1.36. The molecule has 1 rings (SSSR count). The molecule has 4 heteroatoms. The van der Waals surface area contributed by atoms with Crippen LogP contribution in [0.2, 0.25) is 0 Å². The third-order valence-corrected chi connectivity index (χ3v) is 2.01. The van der Waals surface area contributed by atoms with Gasteiger partial charge in [-0.25, -0.2) is 4.98 Å². The average Bonchev–Trinajstić information content (AvgIpc) is 2.52. The molecular formula is C10H19N3O. The van der Waals surface area contributed by atoms with Gasteiger partial charge in [-0.3, -0.25) is 0 Å². The predicted octanol–water partition coefficient (Wildman–Crippen LogP) is 1.09. The molecule has 1 aromatic rings. The molecule has 0 saturated heterocycles. The lowest BCUT2D eigenvalue weighted by Gasteiger charge is -2.10. The Morgan fingerprint density at radius 2 is 2.43 bits per heavy atom. The first-order chi connectivity index (χ1) is 6.72. The van der Waals surface area contributed by atoms with Crippen LogP contribution in [0, 0.1) is 12.8 Å². The zero-order chi connectivity index (χ0) is 10.4. The minimum Gasteiger partial charge on any atom is -0.384 e. The molecule has 1 unspecified atom stereocenters. The van der Waals surface area contributed by atoms with Crippen molar-refractivity contribution in [1.29, 1.82) is 0 Å². The number of hydrogen-bond acceptors (Lipinski definition) is 3. The van der Waals surface area contributed by atoms with Crippen LogP contribution in [0.1, 0.15) is 18.4 Å². The molecule has 0 aliphatic carbocycles. The molecule has 1 aromatic heterocycles. The number of imidazole rings is 1. The lowest BCUT2D eigenvalue weighted by atomic mass is 10.2. The Hall–Kier alpha value is -0.870. The molecule has 0 aliphatic heterocycles. The summed E-state index contributed by atoms with van der Waals surface area (Å²) in [5.41, 5.74) is 1.13. The van der Waals surface area contributed by atoms with E-state index >= 15 is 0 Å². The molecule has 0 amide bonds. The van der Waals surface area contributed by atoms with Crippen LogP contribution >= 0.6 is 0 Å². The van der Waals surface area contributed by atoms with E-state index in [1.165, 1.54) is 0 Å². The van der Waals surface area contributed by atoms with Crippen molar-refractivity contribution in [2.75, 3.05) is 20.3 Å². The van der Waals surface area contributed by atoms with Gasteiger partial charge in [-0.1, -0.05) is 6.92 Å². The molecule has 0 spiro atoms. The fourth-order valence-electron chi connectivity index (χ4n) is 1.36. The van der Waals surface area contributed by atoms with E-state index in [9.17, 15) is 0 Å². The molecule has 0 radical (unpaired) electrons. The Balaban J connectivity index is 2.15. The standard InChI is InChI=1S/C10H19N3O/c1-8(7-14-3)4-11-5-10-6-12-9(2)13-10/h6,8,11H,4-5,7H2,1-3H3,(H,12,13). The van der Waals surface area contributed by atoms with E-state index in [0.29, 0.717) is 5.92 Å². The molecule has 0 bridgehead atoms. The Morgan fingerprint density at radius 1 is 1.64 bits per heavy atom. The van der Waals surface area contributed by atoms with Gasteiger partial charge in [0.15, 0.2) is 0 Å². The Kier molecular flexibility index (Phi) is 4.62. The van der Waals surface area contributed by atoms with Crippen LogP contribution < -0.4 is 5.32 Å². The van der Waals surface area contributed by atoms with E-state index < -0.39 is 0 Å². The molecule has 2 N–H and O–H groups in total. The second-order valence-electron chi connectivity index (χ2n) is 3.69. The van der Waals surface area contributed by atoms with E-state index in [2.05, 4.69) is 22.2 Å². The number of H-pyrrole nitrogens is 1. The van der Waals surface area contributed by atoms with Crippen LogP contribution in [0.15, 0.2) is 6.20 Å². The molecule has 0 fully saturated rings. The van der Waals surface area contributed by atoms with Gasteiger partial charge in [0.05, 0.1) is 0 Å². The minimum absolute atomic E-state index is 0.545. The van der Waals surface area contributed by atoms with Crippen LogP contribution in [0.3, 0.4) is 0 Å². The summed E-state index contributed by atoms with van der Waals surface area (Å²) in [6.07, 6.45) is 1.86. The van der Waals surface area contributed by atoms with Crippen LogP contribution in [0.25, 0.3) is 0 Å². The number of nitrogens with one attached hydrogen (secondary N) is 2. The molecule has 1 heterocycles. The average molecular weight is 197 g/mol. The quantitative estimate of drug-likeness (QED) is 0.717. The van der Waals surface area contributed by atoms with Gasteiger partial charge in [0, 0.05) is 38.7 Å². The summed E-state index contributed by atoms with van der Waals surface area (Å²) in [5.74, 6) is 1.51. The van der Waals surface area contributed by atoms with Gasteiger partial charge in [-0.15, -0.1) is 0 Å². The summed E-state index contributed by atoms with van der Waals surface area (Å²) in [7, 11) is 1.73. The first kappa shape index (κ1) is 11.2. The van der Waals surface area contributed by atoms with Crippen molar-refractivity contribution < 1.29 is 4.74 Å². The molecule has 4 nitrogen and oxygen atoms in total. The number of methoxy groups -OCH3 is 1. The maximum absolute atomic E-state index is 5.05. The Bertz CT molecular complexity index is 260. The van der Waals surface area contributed by atoms with E-state index in [4.69, 9.17) is 4.74 Å². The summed E-state index contributed by atoms with van der Waals surface area (Å²) in [6, 6.07) is 0. The summed E-state index contributed by atoms with van der Waals surface area (Å²) in [6.45, 7) is 6.72. The first-order valence-corrected chi connectivity index (χ1v) is 4.92. The van der Waals surface area contributed by atoms with E-state index in [-0.39, 0.29) is 0 Å². The number of ether oxygens (including phenoxy) is 1. The highest BCUT2D eigenvalue weighted by atomic mass is 16.5. The van der Waals surface area contributed by atoms with Crippen molar-refractivity contribution in [2.24, 2.45) is 5.92 Å². The highest BCUT2D eigenvalue weighted by Crippen LogP contribution is 1.96. The van der Waals surface area contributed by atoms with Crippen LogP contribution in [0.5, 0.6) is 0 Å². The Labute approximate surface area is 85.1 Å². The van der Waals surface area contributed by atoms with Crippen molar-refractivity contribution >= 4 is 0 Å². The number of nitrogens with zero attached hydrogens (tertiary/aromatic N) is 1. The maximum Gasteiger partial charge on any atom is 0.103 e. The number of rotatable bonds is 6. The van der Waals surface area contributed by atoms with Crippen molar-refractivity contribution in [1.82, 2.24) is 15.3 Å². The summed E-state index contributed by atoms with van der Waals surface area (Å²) in [4.78, 5) is 7.31. The maximum atomic E-state index is 5.05. The smallest absolute Gasteiger partial charge is 0.103 e.